The minimum Gasteiger partial charge on any atom is -0.511 e. The van der Waals surface area contributed by atoms with Gasteiger partial charge < -0.3 is 9.84 Å². The standard InChI is InChI=1S/C20H33NO4/c1-5-6-7-8-9-12-21-15-13-20(2,3)14-17(23)19(15)16(22)10-11-18(24)25-4/h22H,5-14H2,1-4H3/b19-16+,21-15?. The Kier molecular flexibility index (Phi) is 8.87. The Balaban J connectivity index is 2.85. The normalized spacial score (nSPS) is 20.6. The van der Waals surface area contributed by atoms with Crippen molar-refractivity contribution in [3.05, 3.63) is 11.3 Å². The van der Waals surface area contributed by atoms with Gasteiger partial charge in [-0.25, -0.2) is 0 Å². The van der Waals surface area contributed by atoms with Crippen LogP contribution in [-0.4, -0.2) is 36.2 Å². The van der Waals surface area contributed by atoms with Crippen molar-refractivity contribution in [3.63, 3.8) is 0 Å². The SMILES string of the molecule is CCCCCCCN=C1CC(C)(C)CC(=O)/C1=C(/O)CCC(=O)OC. The maximum absolute atomic E-state index is 12.5. The monoisotopic (exact) mass is 351 g/mol. The summed E-state index contributed by atoms with van der Waals surface area (Å²) in [4.78, 5) is 28.5. The molecule has 1 rings (SSSR count). The van der Waals surface area contributed by atoms with Gasteiger partial charge in [0.15, 0.2) is 5.78 Å². The van der Waals surface area contributed by atoms with E-state index >= 15 is 0 Å². The molecule has 142 valence electrons. The van der Waals surface area contributed by atoms with Crippen LogP contribution in [0.2, 0.25) is 0 Å². The van der Waals surface area contributed by atoms with Crippen molar-refractivity contribution >= 4 is 17.5 Å². The quantitative estimate of drug-likeness (QED) is 0.286. The molecule has 0 unspecified atom stereocenters. The summed E-state index contributed by atoms with van der Waals surface area (Å²) in [5, 5.41) is 10.4. The van der Waals surface area contributed by atoms with E-state index in [4.69, 9.17) is 0 Å². The zero-order valence-corrected chi connectivity index (χ0v) is 16.2. The number of carbonyl (C=O) groups is 2. The van der Waals surface area contributed by atoms with Crippen LogP contribution in [0.15, 0.2) is 16.3 Å². The number of carbonyl (C=O) groups excluding carboxylic acids is 2. The first-order valence-corrected chi connectivity index (χ1v) is 9.36. The lowest BCUT2D eigenvalue weighted by Gasteiger charge is -2.31. The Morgan fingerprint density at radius 2 is 1.84 bits per heavy atom. The van der Waals surface area contributed by atoms with Gasteiger partial charge in [-0.05, 0) is 18.3 Å². The molecule has 0 bridgehead atoms. The summed E-state index contributed by atoms with van der Waals surface area (Å²) < 4.78 is 4.60. The van der Waals surface area contributed by atoms with Gasteiger partial charge in [-0.3, -0.25) is 14.6 Å². The number of hydrogen-bond donors (Lipinski definition) is 1. The number of Topliss-reactive ketones (excluding diaryl/α,β-unsaturated/α-hetero) is 1. The van der Waals surface area contributed by atoms with Crippen molar-refractivity contribution in [2.75, 3.05) is 13.7 Å². The van der Waals surface area contributed by atoms with E-state index in [1.165, 1.54) is 26.4 Å². The maximum Gasteiger partial charge on any atom is 0.305 e. The average Bonchev–Trinajstić information content (AvgIpc) is 2.54. The van der Waals surface area contributed by atoms with Crippen molar-refractivity contribution in [3.8, 4) is 0 Å². The number of aliphatic imine (C=N–C) groups is 1. The third-order valence-corrected chi connectivity index (χ3v) is 4.50. The Bertz CT molecular complexity index is 532. The molecule has 0 aromatic rings. The highest BCUT2D eigenvalue weighted by Gasteiger charge is 2.36. The minimum atomic E-state index is -0.398. The zero-order chi connectivity index (χ0) is 18.9. The number of esters is 1. The summed E-state index contributed by atoms with van der Waals surface area (Å²) in [5.41, 5.74) is 0.875. The first kappa shape index (κ1) is 21.4. The molecule has 5 heteroatoms. The van der Waals surface area contributed by atoms with Gasteiger partial charge in [-0.1, -0.05) is 46.5 Å². The van der Waals surface area contributed by atoms with Crippen molar-refractivity contribution in [1.82, 2.24) is 0 Å². The fraction of sp³-hybridized carbons (Fsp3) is 0.750. The van der Waals surface area contributed by atoms with E-state index in [9.17, 15) is 14.7 Å². The van der Waals surface area contributed by atoms with Crippen LogP contribution in [0.5, 0.6) is 0 Å². The fourth-order valence-corrected chi connectivity index (χ4v) is 3.13. The number of ether oxygens (including phenoxy) is 1. The van der Waals surface area contributed by atoms with Gasteiger partial charge in [0.25, 0.3) is 0 Å². The summed E-state index contributed by atoms with van der Waals surface area (Å²) >= 11 is 0. The summed E-state index contributed by atoms with van der Waals surface area (Å²) in [6.07, 6.45) is 7.02. The van der Waals surface area contributed by atoms with E-state index in [1.54, 1.807) is 0 Å². The van der Waals surface area contributed by atoms with Gasteiger partial charge >= 0.3 is 5.97 Å². The highest BCUT2D eigenvalue weighted by Crippen LogP contribution is 2.35. The van der Waals surface area contributed by atoms with E-state index in [2.05, 4.69) is 16.7 Å². The minimum absolute atomic E-state index is 0.0318. The highest BCUT2D eigenvalue weighted by atomic mass is 16.5. The smallest absolute Gasteiger partial charge is 0.305 e. The number of unbranched alkanes of at least 4 members (excludes halogenated alkanes) is 4. The van der Waals surface area contributed by atoms with Gasteiger partial charge in [0.05, 0.1) is 19.1 Å². The van der Waals surface area contributed by atoms with Crippen LogP contribution >= 0.6 is 0 Å². The molecule has 0 aliphatic heterocycles. The second-order valence-corrected chi connectivity index (χ2v) is 7.58. The van der Waals surface area contributed by atoms with Gasteiger partial charge in [-0.2, -0.15) is 0 Å². The molecular formula is C20H33NO4. The number of allylic oxidation sites excluding steroid dienone is 2. The Morgan fingerprint density at radius 3 is 2.48 bits per heavy atom. The Morgan fingerprint density at radius 1 is 1.16 bits per heavy atom. The van der Waals surface area contributed by atoms with Crippen molar-refractivity contribution in [2.45, 2.75) is 78.6 Å². The van der Waals surface area contributed by atoms with Crippen molar-refractivity contribution in [1.29, 1.82) is 0 Å². The maximum atomic E-state index is 12.5. The van der Waals surface area contributed by atoms with Crippen molar-refractivity contribution < 1.29 is 19.4 Å². The van der Waals surface area contributed by atoms with Crippen LogP contribution in [0.25, 0.3) is 0 Å². The van der Waals surface area contributed by atoms with E-state index < -0.39 is 5.97 Å². The molecule has 1 saturated carbocycles. The van der Waals surface area contributed by atoms with Gasteiger partial charge in [0.1, 0.15) is 5.76 Å². The molecule has 0 aromatic heterocycles. The van der Waals surface area contributed by atoms with E-state index in [0.29, 0.717) is 30.7 Å². The molecule has 1 aliphatic rings. The summed E-state index contributed by atoms with van der Waals surface area (Å²) in [6, 6.07) is 0. The van der Waals surface area contributed by atoms with E-state index in [1.807, 2.05) is 13.8 Å². The first-order chi connectivity index (χ1) is 11.8. The lowest BCUT2D eigenvalue weighted by atomic mass is 9.73. The predicted octanol–water partition coefficient (Wildman–Crippen LogP) is 4.55. The molecule has 0 spiro atoms. The van der Waals surface area contributed by atoms with Crippen LogP contribution in [0.4, 0.5) is 0 Å². The molecule has 0 aromatic carbocycles. The van der Waals surface area contributed by atoms with Gasteiger partial charge in [0.2, 0.25) is 0 Å². The molecule has 5 nitrogen and oxygen atoms in total. The number of aliphatic hydroxyl groups excluding tert-OH is 1. The number of ketones is 1. The third-order valence-electron chi connectivity index (χ3n) is 4.50. The molecule has 0 atom stereocenters. The zero-order valence-electron chi connectivity index (χ0n) is 16.2. The van der Waals surface area contributed by atoms with Crippen LogP contribution in [0.3, 0.4) is 0 Å². The molecule has 0 amide bonds. The largest absolute Gasteiger partial charge is 0.511 e. The third kappa shape index (κ3) is 7.41. The van der Waals surface area contributed by atoms with Crippen LogP contribution in [0.1, 0.15) is 78.6 Å². The number of hydrogen-bond acceptors (Lipinski definition) is 5. The van der Waals surface area contributed by atoms with E-state index in [0.717, 1.165) is 12.8 Å². The molecule has 0 saturated heterocycles. The summed E-state index contributed by atoms with van der Waals surface area (Å²) in [5.74, 6) is -0.510. The molecule has 1 aliphatic carbocycles. The fourth-order valence-electron chi connectivity index (χ4n) is 3.13. The van der Waals surface area contributed by atoms with E-state index in [-0.39, 0.29) is 29.8 Å². The average molecular weight is 351 g/mol. The predicted molar refractivity (Wildman–Crippen MR) is 100.0 cm³/mol. The molecule has 1 fully saturated rings. The number of rotatable bonds is 9. The molecule has 25 heavy (non-hydrogen) atoms. The second kappa shape index (κ2) is 10.4. The van der Waals surface area contributed by atoms with Gasteiger partial charge in [0, 0.05) is 25.1 Å². The Hall–Kier alpha value is -1.65. The molecule has 1 N–H and O–H groups in total. The lowest BCUT2D eigenvalue weighted by molar-refractivity contribution is -0.140. The Labute approximate surface area is 151 Å². The first-order valence-electron chi connectivity index (χ1n) is 9.36. The molecular weight excluding hydrogens is 318 g/mol. The topological polar surface area (TPSA) is 76.0 Å². The highest BCUT2D eigenvalue weighted by molar-refractivity contribution is 6.24. The number of nitrogens with zero attached hydrogens (tertiary/aromatic N) is 1. The van der Waals surface area contributed by atoms with Crippen LogP contribution in [0, 0.1) is 5.41 Å². The number of methoxy groups -OCH3 is 1. The van der Waals surface area contributed by atoms with Crippen LogP contribution in [-0.2, 0) is 14.3 Å². The van der Waals surface area contributed by atoms with Crippen molar-refractivity contribution in [2.24, 2.45) is 10.4 Å². The van der Waals surface area contributed by atoms with Gasteiger partial charge in [-0.15, -0.1) is 0 Å². The summed E-state index contributed by atoms with van der Waals surface area (Å²) in [7, 11) is 1.31. The molecule has 0 heterocycles. The second-order valence-electron chi connectivity index (χ2n) is 7.58. The number of aliphatic hydroxyl groups is 1. The lowest BCUT2D eigenvalue weighted by Crippen LogP contribution is -2.33. The summed E-state index contributed by atoms with van der Waals surface area (Å²) in [6.45, 7) is 6.95. The van der Waals surface area contributed by atoms with Crippen LogP contribution < -0.4 is 0 Å². The molecule has 0 radical (unpaired) electrons.